The molecule has 2 aromatic carbocycles. The number of halogens is 1. The fourth-order valence-electron chi connectivity index (χ4n) is 4.02. The molecule has 0 aliphatic carbocycles. The van der Waals surface area contributed by atoms with Gasteiger partial charge >= 0.3 is 5.97 Å². The van der Waals surface area contributed by atoms with E-state index in [4.69, 9.17) is 21.1 Å². The lowest BCUT2D eigenvalue weighted by Crippen LogP contribution is -2.29. The first-order valence-electron chi connectivity index (χ1n) is 11.2. The summed E-state index contributed by atoms with van der Waals surface area (Å²) in [6.07, 6.45) is -0.126. The molecular weight excluding hydrogens is 502 g/mol. The number of ether oxygens (including phenoxy) is 2. The van der Waals surface area contributed by atoms with E-state index in [1.54, 1.807) is 56.3 Å². The number of benzene rings is 2. The maximum absolute atomic E-state index is 13.2. The van der Waals surface area contributed by atoms with E-state index < -0.39 is 17.7 Å². The van der Waals surface area contributed by atoms with Crippen molar-refractivity contribution in [3.05, 3.63) is 86.6 Å². The highest BCUT2D eigenvalue weighted by molar-refractivity contribution is 7.10. The van der Waals surface area contributed by atoms with Gasteiger partial charge in [0.1, 0.15) is 17.6 Å². The molecule has 9 heteroatoms. The zero-order valence-electron chi connectivity index (χ0n) is 19.9. The molecule has 7 nitrogen and oxygen atoms in total. The Morgan fingerprint density at radius 3 is 2.47 bits per heavy atom. The number of ketones is 1. The van der Waals surface area contributed by atoms with E-state index >= 15 is 0 Å². The Morgan fingerprint density at radius 2 is 1.86 bits per heavy atom. The van der Waals surface area contributed by atoms with Crippen molar-refractivity contribution in [3.8, 4) is 5.75 Å². The zero-order valence-corrected chi connectivity index (χ0v) is 21.4. The van der Waals surface area contributed by atoms with E-state index in [-0.39, 0.29) is 29.8 Å². The van der Waals surface area contributed by atoms with E-state index in [2.05, 4.69) is 0 Å². The van der Waals surface area contributed by atoms with Crippen LogP contribution in [0.3, 0.4) is 0 Å². The minimum absolute atomic E-state index is 0.0311. The number of aliphatic hydroxyl groups excluding tert-OH is 1. The van der Waals surface area contributed by atoms with Crippen LogP contribution in [0.25, 0.3) is 5.76 Å². The Morgan fingerprint density at radius 1 is 1.14 bits per heavy atom. The molecule has 4 rings (SSSR count). The standard InChI is InChI=1S/C27H24ClNO6S/c1-15(2)35-22(30)13-16-6-9-18(10-7-16)29-24(21-5-4-12-36-21)23(26(32)27(29)33)25(31)17-8-11-19(28)20(14-17)34-3/h4-12,14-15,24,31H,13H2,1-3H3/b25-23-. The zero-order chi connectivity index (χ0) is 26.0. The number of rotatable bonds is 7. The van der Waals surface area contributed by atoms with Crippen molar-refractivity contribution in [2.45, 2.75) is 32.4 Å². The van der Waals surface area contributed by atoms with Crippen LogP contribution in [-0.4, -0.2) is 36.0 Å². The lowest BCUT2D eigenvalue weighted by Gasteiger charge is -2.24. The van der Waals surface area contributed by atoms with Crippen LogP contribution in [0.15, 0.2) is 65.6 Å². The SMILES string of the molecule is COc1cc(/C(O)=C2/C(=O)C(=O)N(c3ccc(CC(=O)OC(C)C)cc3)C2c2cccs2)ccc1Cl. The smallest absolute Gasteiger partial charge is 0.310 e. The minimum atomic E-state index is -0.830. The largest absolute Gasteiger partial charge is 0.507 e. The lowest BCUT2D eigenvalue weighted by atomic mass is 9.99. The van der Waals surface area contributed by atoms with Crippen molar-refractivity contribution < 1.29 is 29.0 Å². The predicted molar refractivity (Wildman–Crippen MR) is 138 cm³/mol. The van der Waals surface area contributed by atoms with Crippen LogP contribution in [0.2, 0.25) is 5.02 Å². The van der Waals surface area contributed by atoms with Crippen LogP contribution in [0, 0.1) is 0 Å². The molecule has 0 saturated carbocycles. The average molecular weight is 526 g/mol. The normalized spacial score (nSPS) is 17.0. The predicted octanol–water partition coefficient (Wildman–Crippen LogP) is 5.53. The molecule has 1 amide bonds. The fourth-order valence-corrected chi connectivity index (χ4v) is 5.04. The number of thiophene rings is 1. The number of methoxy groups -OCH3 is 1. The second-order valence-electron chi connectivity index (χ2n) is 8.42. The van der Waals surface area contributed by atoms with Gasteiger partial charge in [0.15, 0.2) is 0 Å². The molecule has 186 valence electrons. The van der Waals surface area contributed by atoms with Gasteiger partial charge in [0.05, 0.1) is 30.2 Å². The first-order chi connectivity index (χ1) is 17.2. The molecule has 3 aromatic rings. The molecule has 1 aromatic heterocycles. The van der Waals surface area contributed by atoms with Crippen LogP contribution >= 0.6 is 22.9 Å². The molecule has 1 N–H and O–H groups in total. The van der Waals surface area contributed by atoms with E-state index in [9.17, 15) is 19.5 Å². The number of hydrogen-bond donors (Lipinski definition) is 1. The third-order valence-corrected chi connectivity index (χ3v) is 6.85. The van der Waals surface area contributed by atoms with E-state index in [0.29, 0.717) is 32.5 Å². The Bertz CT molecular complexity index is 1330. The van der Waals surface area contributed by atoms with Crippen molar-refractivity contribution >= 4 is 52.0 Å². The van der Waals surface area contributed by atoms with Crippen LogP contribution in [0.4, 0.5) is 5.69 Å². The number of Topliss-reactive ketones (excluding diaryl/α,β-unsaturated/α-hetero) is 1. The van der Waals surface area contributed by atoms with E-state index in [0.717, 1.165) is 0 Å². The molecular formula is C27H24ClNO6S. The second kappa shape index (κ2) is 10.6. The van der Waals surface area contributed by atoms with E-state index in [1.165, 1.54) is 29.4 Å². The first kappa shape index (κ1) is 25.5. The molecule has 36 heavy (non-hydrogen) atoms. The molecule has 0 radical (unpaired) electrons. The number of esters is 1. The second-order valence-corrected chi connectivity index (χ2v) is 9.80. The summed E-state index contributed by atoms with van der Waals surface area (Å²) in [5.41, 5.74) is 1.44. The van der Waals surface area contributed by atoms with Gasteiger partial charge in [0, 0.05) is 16.1 Å². The summed E-state index contributed by atoms with van der Waals surface area (Å²) in [7, 11) is 1.45. The highest BCUT2D eigenvalue weighted by atomic mass is 35.5. The number of aliphatic hydroxyl groups is 1. The highest BCUT2D eigenvalue weighted by Crippen LogP contribution is 2.44. The molecule has 1 aliphatic heterocycles. The maximum atomic E-state index is 13.2. The van der Waals surface area contributed by atoms with Crippen molar-refractivity contribution in [1.29, 1.82) is 0 Å². The molecule has 1 unspecified atom stereocenters. The van der Waals surface area contributed by atoms with Gasteiger partial charge in [-0.1, -0.05) is 29.8 Å². The Balaban J connectivity index is 1.75. The monoisotopic (exact) mass is 525 g/mol. The number of hydrogen-bond acceptors (Lipinski definition) is 7. The number of anilines is 1. The average Bonchev–Trinajstić information content (AvgIpc) is 3.46. The van der Waals surface area contributed by atoms with Crippen LogP contribution < -0.4 is 9.64 Å². The summed E-state index contributed by atoms with van der Waals surface area (Å²) in [5.74, 6) is -1.91. The topological polar surface area (TPSA) is 93.1 Å². The van der Waals surface area contributed by atoms with Crippen molar-refractivity contribution in [2.24, 2.45) is 0 Å². The minimum Gasteiger partial charge on any atom is -0.507 e. The summed E-state index contributed by atoms with van der Waals surface area (Å²) in [6, 6.07) is 14.2. The Labute approximate surface area is 217 Å². The third kappa shape index (κ3) is 5.01. The van der Waals surface area contributed by atoms with Crippen LogP contribution in [0.5, 0.6) is 5.75 Å². The number of carbonyl (C=O) groups is 3. The maximum Gasteiger partial charge on any atom is 0.310 e. The molecule has 2 heterocycles. The molecule has 0 bridgehead atoms. The molecule has 1 fully saturated rings. The quantitative estimate of drug-likeness (QED) is 0.189. The third-order valence-electron chi connectivity index (χ3n) is 5.61. The number of carbonyl (C=O) groups excluding carboxylic acids is 3. The molecule has 1 atom stereocenters. The summed E-state index contributed by atoms with van der Waals surface area (Å²) in [5, 5.41) is 13.4. The van der Waals surface area contributed by atoms with Crippen LogP contribution in [0.1, 0.15) is 35.9 Å². The summed E-state index contributed by atoms with van der Waals surface area (Å²) in [4.78, 5) is 40.5. The van der Waals surface area contributed by atoms with Gasteiger partial charge < -0.3 is 14.6 Å². The van der Waals surface area contributed by atoms with Gasteiger partial charge in [0.25, 0.3) is 11.7 Å². The number of nitrogens with zero attached hydrogens (tertiary/aromatic N) is 1. The molecule has 1 aliphatic rings. The Hall–Kier alpha value is -3.62. The highest BCUT2D eigenvalue weighted by Gasteiger charge is 2.47. The first-order valence-corrected chi connectivity index (χ1v) is 12.4. The lowest BCUT2D eigenvalue weighted by molar-refractivity contribution is -0.146. The summed E-state index contributed by atoms with van der Waals surface area (Å²) in [6.45, 7) is 3.56. The van der Waals surface area contributed by atoms with Gasteiger partial charge in [-0.2, -0.15) is 0 Å². The molecule has 1 saturated heterocycles. The van der Waals surface area contributed by atoms with Crippen molar-refractivity contribution in [1.82, 2.24) is 0 Å². The van der Waals surface area contributed by atoms with Gasteiger partial charge in [0.2, 0.25) is 0 Å². The summed E-state index contributed by atoms with van der Waals surface area (Å²) >= 11 is 7.48. The molecule has 0 spiro atoms. The van der Waals surface area contributed by atoms with Crippen molar-refractivity contribution in [2.75, 3.05) is 12.0 Å². The van der Waals surface area contributed by atoms with Crippen molar-refractivity contribution in [3.63, 3.8) is 0 Å². The van der Waals surface area contributed by atoms with Gasteiger partial charge in [-0.15, -0.1) is 11.3 Å². The Kier molecular flexibility index (Phi) is 7.47. The summed E-state index contributed by atoms with van der Waals surface area (Å²) < 4.78 is 10.4. The van der Waals surface area contributed by atoms with Gasteiger partial charge in [-0.25, -0.2) is 0 Å². The fraction of sp³-hybridized carbons (Fsp3) is 0.222. The van der Waals surface area contributed by atoms with Gasteiger partial charge in [-0.3, -0.25) is 19.3 Å². The number of amides is 1. The van der Waals surface area contributed by atoms with Gasteiger partial charge in [-0.05, 0) is 61.2 Å². The van der Waals surface area contributed by atoms with E-state index in [1.807, 2.05) is 11.4 Å². The van der Waals surface area contributed by atoms with Crippen LogP contribution in [-0.2, 0) is 25.5 Å².